The van der Waals surface area contributed by atoms with Crippen LogP contribution in [0.1, 0.15) is 103 Å². The quantitative estimate of drug-likeness (QED) is 0.119. The number of carbonyl (C=O) groups excluding carboxylic acids is 4. The SMILES string of the molecule is CC.CC.CC(=O)CCn1ncc(Cl)c(Cl)c1=O.CC(=O)c1c(C)nc(C)nc1Cl.CC(C)=O.CC(C)=O.Cc1ccncn1.Clc1nc2ccccc2nc1Cl.Clc1nnc(Cl)c2ccccc12. The number of halogens is 7. The van der Waals surface area contributed by atoms with Gasteiger partial charge in [-0.1, -0.05) is 145 Å². The number of nitrogens with zero attached hydrogens (tertiary/aromatic N) is 10. The zero-order chi connectivity index (χ0) is 53.4. The lowest BCUT2D eigenvalue weighted by molar-refractivity contribution is -0.117. The Balaban J connectivity index is 0. The van der Waals surface area contributed by atoms with Gasteiger partial charge in [-0.15, -0.1) is 10.2 Å². The van der Waals surface area contributed by atoms with Crippen molar-refractivity contribution in [2.24, 2.45) is 0 Å². The molecule has 0 aliphatic rings. The summed E-state index contributed by atoms with van der Waals surface area (Å²) in [5.41, 5.74) is 3.11. The number of Topliss-reactive ketones (excluding diaryl/α,β-unsaturated/α-hetero) is 4. The summed E-state index contributed by atoms with van der Waals surface area (Å²) >= 11 is 39.9. The molecule has 7 aromatic rings. The first-order valence-electron chi connectivity index (χ1n) is 20.7. The molecule has 0 fully saturated rings. The summed E-state index contributed by atoms with van der Waals surface area (Å²) in [5, 5.41) is 14.4. The molecule has 0 saturated carbocycles. The van der Waals surface area contributed by atoms with Crippen molar-refractivity contribution in [1.82, 2.24) is 49.9 Å². The molecule has 0 radical (unpaired) electrons. The Labute approximate surface area is 437 Å². The van der Waals surface area contributed by atoms with Crippen LogP contribution in [-0.2, 0) is 20.9 Å². The summed E-state index contributed by atoms with van der Waals surface area (Å²) in [6.07, 6.45) is 4.80. The van der Waals surface area contributed by atoms with E-state index in [9.17, 15) is 24.0 Å². The molecule has 0 spiro atoms. The van der Waals surface area contributed by atoms with Crippen molar-refractivity contribution in [3.05, 3.63) is 142 Å². The molecule has 0 saturated heterocycles. The fraction of sp³-hybridized carbons (Fsp3) is 0.319. The lowest BCUT2D eigenvalue weighted by atomic mass is 10.2. The summed E-state index contributed by atoms with van der Waals surface area (Å²) in [6, 6.07) is 16.8. The van der Waals surface area contributed by atoms with Gasteiger partial charge in [0.05, 0.1) is 40.1 Å². The van der Waals surface area contributed by atoms with E-state index < -0.39 is 5.56 Å². The molecule has 0 aliphatic heterocycles. The smallest absolute Gasteiger partial charge is 0.287 e. The highest BCUT2D eigenvalue weighted by Gasteiger charge is 2.12. The second-order valence-corrected chi connectivity index (χ2v) is 15.7. The fourth-order valence-electron chi connectivity index (χ4n) is 4.29. The Morgan fingerprint density at radius 2 is 1.04 bits per heavy atom. The number of fused-ring (bicyclic) bond motifs is 2. The van der Waals surface area contributed by atoms with Crippen LogP contribution in [0.4, 0.5) is 0 Å². The van der Waals surface area contributed by atoms with Crippen molar-refractivity contribution in [3.8, 4) is 0 Å². The topological polar surface area (TPSA) is 206 Å². The van der Waals surface area contributed by atoms with E-state index in [1.165, 1.54) is 54.1 Å². The Bertz CT molecular complexity index is 2640. The summed E-state index contributed by atoms with van der Waals surface area (Å²) in [5.74, 6) is 0.810. The van der Waals surface area contributed by atoms with Gasteiger partial charge in [0.25, 0.3) is 5.56 Å². The molecule has 69 heavy (non-hydrogen) atoms. The van der Waals surface area contributed by atoms with E-state index in [2.05, 4.69) is 45.2 Å². The predicted molar refractivity (Wildman–Crippen MR) is 282 cm³/mol. The van der Waals surface area contributed by atoms with Gasteiger partial charge < -0.3 is 9.59 Å². The van der Waals surface area contributed by atoms with E-state index in [-0.39, 0.29) is 61.6 Å². The standard InChI is InChI=1S/C8H8Cl2N2O2.2C8H4Cl2N2.C8H9ClN2O.C5H6N2.2C3H6O.2C2H6/c1-5(13)2-3-12-8(14)7(10)6(9)4-11-12;9-7-8(10)12-6-4-2-1-3-5(6)11-7;9-7-5-3-1-2-4-6(5)8(10)12-11-7;1-4-7(5(2)12)8(9)11-6(3)10-4;1-5-2-3-6-4-7-5;2*1-3(2)4;2*1-2/h4H,2-3H2,1H3;2*1-4H;1-3H3;2-4H,1H3;2*1-2H3;2*1-2H3. The molecule has 5 aromatic heterocycles. The Morgan fingerprint density at radius 3 is 1.41 bits per heavy atom. The Kier molecular flexibility index (Phi) is 35.2. The van der Waals surface area contributed by atoms with Crippen LogP contribution in [-0.4, -0.2) is 73.0 Å². The van der Waals surface area contributed by atoms with E-state index in [1.54, 1.807) is 20.0 Å². The molecule has 0 aliphatic carbocycles. The number of hydrogen-bond donors (Lipinski definition) is 0. The normalized spacial score (nSPS) is 9.28. The third-order valence-electron chi connectivity index (χ3n) is 6.94. The number of hydrogen-bond acceptors (Lipinski definition) is 14. The van der Waals surface area contributed by atoms with Crippen LogP contribution in [0, 0.1) is 20.8 Å². The Morgan fingerprint density at radius 1 is 0.594 bits per heavy atom. The van der Waals surface area contributed by atoms with E-state index in [4.69, 9.17) is 81.2 Å². The maximum Gasteiger partial charge on any atom is 0.287 e. The Hall–Kier alpha value is -5.13. The molecule has 2 aromatic carbocycles. The van der Waals surface area contributed by atoms with Crippen LogP contribution in [0.15, 0.2) is 78.1 Å². The number of aromatic nitrogens is 10. The molecule has 0 atom stereocenters. The van der Waals surface area contributed by atoms with Gasteiger partial charge in [0.15, 0.2) is 26.4 Å². The molecule has 0 unspecified atom stereocenters. The molecular weight excluding hydrogens is 1030 g/mol. The third kappa shape index (κ3) is 27.6. The second kappa shape index (κ2) is 36.8. The first-order chi connectivity index (χ1) is 32.5. The minimum Gasteiger partial charge on any atom is -0.300 e. The van der Waals surface area contributed by atoms with E-state index in [1.807, 2.05) is 89.2 Å². The maximum atomic E-state index is 11.4. The van der Waals surface area contributed by atoms with Gasteiger partial charge in [-0.3, -0.25) is 14.4 Å². The van der Waals surface area contributed by atoms with Crippen molar-refractivity contribution in [3.63, 3.8) is 0 Å². The van der Waals surface area contributed by atoms with Crippen LogP contribution < -0.4 is 5.56 Å². The number of benzene rings is 2. The first kappa shape index (κ1) is 66.0. The van der Waals surface area contributed by atoms with Crippen molar-refractivity contribution in [2.75, 3.05) is 0 Å². The summed E-state index contributed by atoms with van der Waals surface area (Å²) < 4.78 is 1.12. The van der Waals surface area contributed by atoms with Crippen LogP contribution in [0.25, 0.3) is 21.8 Å². The van der Waals surface area contributed by atoms with Gasteiger partial charge in [0.2, 0.25) is 0 Å². The highest BCUT2D eigenvalue weighted by atomic mass is 35.5. The maximum absolute atomic E-state index is 11.4. The highest BCUT2D eigenvalue weighted by molar-refractivity contribution is 6.42. The predicted octanol–water partition coefficient (Wildman–Crippen LogP) is 13.4. The largest absolute Gasteiger partial charge is 0.300 e. The molecule has 0 bridgehead atoms. The minimum absolute atomic E-state index is 0.00947. The average molecular weight is 1090 g/mol. The summed E-state index contributed by atoms with van der Waals surface area (Å²) in [6.45, 7) is 22.7. The number of ketones is 4. The van der Waals surface area contributed by atoms with Crippen molar-refractivity contribution < 1.29 is 19.2 Å². The van der Waals surface area contributed by atoms with Gasteiger partial charge in [0, 0.05) is 29.1 Å². The van der Waals surface area contributed by atoms with Gasteiger partial charge in [-0.05, 0) is 80.5 Å². The molecule has 15 nitrogen and oxygen atoms in total. The lowest BCUT2D eigenvalue weighted by Gasteiger charge is -2.03. The molecule has 22 heteroatoms. The number of carbonyl (C=O) groups is 4. The van der Waals surface area contributed by atoms with Gasteiger partial charge in [-0.2, -0.15) is 5.10 Å². The van der Waals surface area contributed by atoms with Crippen LogP contribution in [0.3, 0.4) is 0 Å². The van der Waals surface area contributed by atoms with Gasteiger partial charge in [-0.25, -0.2) is 34.6 Å². The van der Waals surface area contributed by atoms with Crippen molar-refractivity contribution in [2.45, 2.75) is 103 Å². The van der Waals surface area contributed by atoms with E-state index >= 15 is 0 Å². The number of rotatable bonds is 4. The lowest BCUT2D eigenvalue weighted by Crippen LogP contribution is -2.24. The molecule has 7 rings (SSSR count). The monoisotopic (exact) mass is 1080 g/mol. The zero-order valence-electron chi connectivity index (χ0n) is 40.5. The van der Waals surface area contributed by atoms with Crippen LogP contribution >= 0.6 is 81.2 Å². The van der Waals surface area contributed by atoms with Crippen molar-refractivity contribution >= 4 is 126 Å². The summed E-state index contributed by atoms with van der Waals surface area (Å²) in [7, 11) is 0. The zero-order valence-corrected chi connectivity index (χ0v) is 45.8. The highest BCUT2D eigenvalue weighted by Crippen LogP contribution is 2.25. The van der Waals surface area contributed by atoms with E-state index in [0.29, 0.717) is 27.4 Å². The fourth-order valence-corrected chi connectivity index (χ4v) is 5.63. The van der Waals surface area contributed by atoms with Gasteiger partial charge in [0.1, 0.15) is 39.7 Å². The van der Waals surface area contributed by atoms with Gasteiger partial charge >= 0.3 is 0 Å². The first-order valence-corrected chi connectivity index (χ1v) is 23.3. The molecule has 372 valence electrons. The average Bonchev–Trinajstić information content (AvgIpc) is 3.29. The molecular formula is C47H55Cl7N10O5. The minimum atomic E-state index is -0.472. The molecule has 5 heterocycles. The molecule has 0 N–H and O–H groups in total. The summed E-state index contributed by atoms with van der Waals surface area (Å²) in [4.78, 5) is 75.6. The number of para-hydroxylation sites is 2. The number of aryl methyl sites for hydroxylation is 4. The second-order valence-electron chi connectivity index (χ2n) is 13.2. The molecule has 0 amide bonds. The third-order valence-corrected chi connectivity index (χ3v) is 9.15. The van der Waals surface area contributed by atoms with Crippen LogP contribution in [0.5, 0.6) is 0 Å². The van der Waals surface area contributed by atoms with E-state index in [0.717, 1.165) is 32.2 Å². The van der Waals surface area contributed by atoms with Crippen LogP contribution in [0.2, 0.25) is 35.8 Å². The van der Waals surface area contributed by atoms with Crippen molar-refractivity contribution in [1.29, 1.82) is 0 Å².